The highest BCUT2D eigenvalue weighted by atomic mass is 32.2. The summed E-state index contributed by atoms with van der Waals surface area (Å²) in [5.74, 6) is 0.765. The molecule has 0 heterocycles. The fourth-order valence-electron chi connectivity index (χ4n) is 1.48. The SMILES string of the molecule is C/C=C/CS(=O)C1CCCC1. The van der Waals surface area contributed by atoms with Gasteiger partial charge in [-0.1, -0.05) is 25.0 Å². The van der Waals surface area contributed by atoms with Gasteiger partial charge in [-0.2, -0.15) is 0 Å². The summed E-state index contributed by atoms with van der Waals surface area (Å²) in [7, 11) is -0.582. The van der Waals surface area contributed by atoms with E-state index in [1.54, 1.807) is 0 Å². The largest absolute Gasteiger partial charge is 0.259 e. The Kier molecular flexibility index (Phi) is 3.84. The Morgan fingerprint density at radius 2 is 2.09 bits per heavy atom. The van der Waals surface area contributed by atoms with Crippen LogP contribution in [0.4, 0.5) is 0 Å². The number of hydrogen-bond donors (Lipinski definition) is 0. The summed E-state index contributed by atoms with van der Waals surface area (Å²) in [5.41, 5.74) is 0. The summed E-state index contributed by atoms with van der Waals surface area (Å²) in [4.78, 5) is 0. The molecule has 11 heavy (non-hydrogen) atoms. The first-order chi connectivity index (χ1) is 5.34. The second-order valence-electron chi connectivity index (χ2n) is 3.02. The fourth-order valence-corrected chi connectivity index (χ4v) is 2.99. The third-order valence-corrected chi connectivity index (χ3v) is 3.91. The molecular weight excluding hydrogens is 156 g/mol. The van der Waals surface area contributed by atoms with Gasteiger partial charge in [0.05, 0.1) is 0 Å². The van der Waals surface area contributed by atoms with Crippen LogP contribution in [0.1, 0.15) is 32.6 Å². The van der Waals surface area contributed by atoms with E-state index < -0.39 is 10.8 Å². The zero-order valence-corrected chi connectivity index (χ0v) is 7.90. The van der Waals surface area contributed by atoms with E-state index in [-0.39, 0.29) is 0 Å². The molecule has 0 spiro atoms. The quantitative estimate of drug-likeness (QED) is 0.597. The number of hydrogen-bond acceptors (Lipinski definition) is 1. The van der Waals surface area contributed by atoms with Crippen LogP contribution < -0.4 is 0 Å². The molecular formula is C9H16OS. The van der Waals surface area contributed by atoms with Gasteiger partial charge in [0.2, 0.25) is 0 Å². The summed E-state index contributed by atoms with van der Waals surface area (Å²) in [6, 6.07) is 0. The first-order valence-corrected chi connectivity index (χ1v) is 5.71. The molecule has 0 aromatic rings. The molecule has 64 valence electrons. The fraction of sp³-hybridized carbons (Fsp3) is 0.778. The van der Waals surface area contributed by atoms with Crippen LogP contribution in [0.5, 0.6) is 0 Å². The maximum atomic E-state index is 11.5. The lowest BCUT2D eigenvalue weighted by Crippen LogP contribution is -2.12. The zero-order chi connectivity index (χ0) is 8.10. The van der Waals surface area contributed by atoms with E-state index in [4.69, 9.17) is 0 Å². The molecule has 0 bridgehead atoms. The summed E-state index contributed by atoms with van der Waals surface area (Å²) in [6.45, 7) is 1.98. The van der Waals surface area contributed by atoms with Crippen LogP contribution in [0.3, 0.4) is 0 Å². The molecule has 1 unspecified atom stereocenters. The van der Waals surface area contributed by atoms with E-state index in [9.17, 15) is 4.21 Å². The van der Waals surface area contributed by atoms with Crippen molar-refractivity contribution in [2.75, 3.05) is 5.75 Å². The van der Waals surface area contributed by atoms with E-state index in [1.165, 1.54) is 25.7 Å². The second-order valence-corrected chi connectivity index (χ2v) is 4.78. The van der Waals surface area contributed by atoms with Crippen LogP contribution in [0.2, 0.25) is 0 Å². The van der Waals surface area contributed by atoms with Crippen LogP contribution >= 0.6 is 0 Å². The molecule has 1 saturated carbocycles. The Bertz CT molecular complexity index is 157. The molecule has 1 atom stereocenters. The number of rotatable bonds is 3. The summed E-state index contributed by atoms with van der Waals surface area (Å²) in [5, 5.41) is 0.506. The molecule has 0 radical (unpaired) electrons. The van der Waals surface area contributed by atoms with Crippen molar-refractivity contribution in [2.45, 2.75) is 37.9 Å². The van der Waals surface area contributed by atoms with E-state index in [0.717, 1.165) is 5.75 Å². The average molecular weight is 172 g/mol. The van der Waals surface area contributed by atoms with Gasteiger partial charge in [-0.3, -0.25) is 4.21 Å². The average Bonchev–Trinajstić information content (AvgIpc) is 2.52. The third-order valence-electron chi connectivity index (χ3n) is 2.17. The lowest BCUT2D eigenvalue weighted by molar-refractivity contribution is 0.671. The van der Waals surface area contributed by atoms with Gasteiger partial charge in [-0.25, -0.2) is 0 Å². The Hall–Kier alpha value is -0.110. The lowest BCUT2D eigenvalue weighted by atomic mass is 10.4. The summed E-state index contributed by atoms with van der Waals surface area (Å²) >= 11 is 0. The molecule has 2 heteroatoms. The highest BCUT2D eigenvalue weighted by Crippen LogP contribution is 2.22. The lowest BCUT2D eigenvalue weighted by Gasteiger charge is -2.05. The molecule has 0 saturated heterocycles. The smallest absolute Gasteiger partial charge is 0.0418 e. The van der Waals surface area contributed by atoms with Crippen molar-refractivity contribution < 1.29 is 4.21 Å². The van der Waals surface area contributed by atoms with Crippen molar-refractivity contribution in [1.29, 1.82) is 0 Å². The zero-order valence-electron chi connectivity index (χ0n) is 7.08. The van der Waals surface area contributed by atoms with Crippen molar-refractivity contribution in [3.05, 3.63) is 12.2 Å². The molecule has 1 fully saturated rings. The van der Waals surface area contributed by atoms with Crippen molar-refractivity contribution in [3.8, 4) is 0 Å². The van der Waals surface area contributed by atoms with Crippen molar-refractivity contribution in [1.82, 2.24) is 0 Å². The minimum Gasteiger partial charge on any atom is -0.259 e. The minimum absolute atomic E-state index is 0.506. The first kappa shape index (κ1) is 8.98. The van der Waals surface area contributed by atoms with Crippen molar-refractivity contribution in [3.63, 3.8) is 0 Å². The molecule has 0 aromatic heterocycles. The van der Waals surface area contributed by atoms with Crippen LogP contribution in [0.15, 0.2) is 12.2 Å². The highest BCUT2D eigenvalue weighted by molar-refractivity contribution is 7.85. The van der Waals surface area contributed by atoms with Crippen LogP contribution in [-0.2, 0) is 10.8 Å². The minimum atomic E-state index is -0.582. The van der Waals surface area contributed by atoms with Gasteiger partial charge in [0.1, 0.15) is 0 Å². The molecule has 1 nitrogen and oxygen atoms in total. The van der Waals surface area contributed by atoms with Gasteiger partial charge in [-0.15, -0.1) is 0 Å². The Balaban J connectivity index is 2.28. The number of allylic oxidation sites excluding steroid dienone is 1. The predicted molar refractivity (Wildman–Crippen MR) is 50.1 cm³/mol. The first-order valence-electron chi connectivity index (χ1n) is 4.33. The maximum Gasteiger partial charge on any atom is 0.0418 e. The van der Waals surface area contributed by atoms with Gasteiger partial charge >= 0.3 is 0 Å². The van der Waals surface area contributed by atoms with Crippen LogP contribution in [0, 0.1) is 0 Å². The topological polar surface area (TPSA) is 17.1 Å². The van der Waals surface area contributed by atoms with Gasteiger partial charge < -0.3 is 0 Å². The van der Waals surface area contributed by atoms with Gasteiger partial charge in [0, 0.05) is 21.8 Å². The van der Waals surface area contributed by atoms with Gasteiger partial charge in [0.25, 0.3) is 0 Å². The van der Waals surface area contributed by atoms with E-state index in [1.807, 2.05) is 19.1 Å². The van der Waals surface area contributed by atoms with Crippen LogP contribution in [-0.4, -0.2) is 15.2 Å². The molecule has 1 aliphatic carbocycles. The van der Waals surface area contributed by atoms with Crippen molar-refractivity contribution in [2.24, 2.45) is 0 Å². The molecule has 0 aliphatic heterocycles. The Labute approximate surface area is 71.3 Å². The van der Waals surface area contributed by atoms with Gasteiger partial charge in [-0.05, 0) is 19.8 Å². The van der Waals surface area contributed by atoms with E-state index >= 15 is 0 Å². The molecule has 0 aromatic carbocycles. The monoisotopic (exact) mass is 172 g/mol. The van der Waals surface area contributed by atoms with E-state index in [0.29, 0.717) is 5.25 Å². The molecule has 1 rings (SSSR count). The van der Waals surface area contributed by atoms with Crippen LogP contribution in [0.25, 0.3) is 0 Å². The summed E-state index contributed by atoms with van der Waals surface area (Å²) < 4.78 is 11.5. The molecule has 1 aliphatic rings. The summed E-state index contributed by atoms with van der Waals surface area (Å²) in [6.07, 6.45) is 8.92. The predicted octanol–water partition coefficient (Wildman–Crippen LogP) is 2.25. The normalized spacial score (nSPS) is 23.0. The Morgan fingerprint density at radius 3 is 2.64 bits per heavy atom. The molecule has 0 amide bonds. The van der Waals surface area contributed by atoms with E-state index in [2.05, 4.69) is 0 Å². The maximum absolute atomic E-state index is 11.5. The third kappa shape index (κ3) is 2.78. The Morgan fingerprint density at radius 1 is 1.45 bits per heavy atom. The van der Waals surface area contributed by atoms with Gasteiger partial charge in [0.15, 0.2) is 0 Å². The van der Waals surface area contributed by atoms with Crippen molar-refractivity contribution >= 4 is 10.8 Å². The molecule has 0 N–H and O–H groups in total. The second kappa shape index (κ2) is 4.70. The highest BCUT2D eigenvalue weighted by Gasteiger charge is 2.19. The standard InChI is InChI=1S/C9H16OS/c1-2-3-8-11(10)9-6-4-5-7-9/h2-3,9H,4-8H2,1H3/b3-2+.